The fourth-order valence-electron chi connectivity index (χ4n) is 3.45. The molecule has 28 heavy (non-hydrogen) atoms. The van der Waals surface area contributed by atoms with Gasteiger partial charge in [0.2, 0.25) is 0 Å². The molecule has 2 aliphatic rings. The molecule has 0 radical (unpaired) electrons. The third-order valence-electron chi connectivity index (χ3n) is 5.12. The van der Waals surface area contributed by atoms with Gasteiger partial charge in [-0.15, -0.1) is 0 Å². The molecule has 2 aromatic rings. The van der Waals surface area contributed by atoms with Gasteiger partial charge in [0.05, 0.1) is 49.2 Å². The Bertz CT molecular complexity index is 737. The van der Waals surface area contributed by atoms with E-state index in [0.29, 0.717) is 62.3 Å². The van der Waals surface area contributed by atoms with Gasteiger partial charge in [-0.3, -0.25) is 9.80 Å². The molecule has 2 N–H and O–H groups in total. The SMILES string of the molecule is Oc1ccc(-c2ccc(O)c(CN3CCOCC3)n2)nc1CN1CCOCC1. The summed E-state index contributed by atoms with van der Waals surface area (Å²) < 4.78 is 10.8. The molecule has 4 rings (SSSR count). The lowest BCUT2D eigenvalue weighted by Gasteiger charge is -2.26. The lowest BCUT2D eigenvalue weighted by molar-refractivity contribution is 0.0332. The molecule has 0 unspecified atom stereocenters. The molecule has 0 amide bonds. The van der Waals surface area contributed by atoms with Crippen LogP contribution in [0.15, 0.2) is 24.3 Å². The molecule has 2 fully saturated rings. The highest BCUT2D eigenvalue weighted by molar-refractivity contribution is 5.57. The highest BCUT2D eigenvalue weighted by atomic mass is 16.5. The minimum absolute atomic E-state index is 0.183. The van der Waals surface area contributed by atoms with Crippen LogP contribution in [0.1, 0.15) is 11.4 Å². The van der Waals surface area contributed by atoms with Crippen molar-refractivity contribution in [2.75, 3.05) is 52.6 Å². The fourth-order valence-corrected chi connectivity index (χ4v) is 3.45. The van der Waals surface area contributed by atoms with Crippen molar-refractivity contribution in [3.05, 3.63) is 35.7 Å². The average molecular weight is 386 g/mol. The van der Waals surface area contributed by atoms with Gasteiger partial charge < -0.3 is 19.7 Å². The monoisotopic (exact) mass is 386 g/mol. The van der Waals surface area contributed by atoms with Crippen molar-refractivity contribution in [2.45, 2.75) is 13.1 Å². The third kappa shape index (κ3) is 4.59. The normalized spacial score (nSPS) is 19.0. The lowest BCUT2D eigenvalue weighted by Crippen LogP contribution is -2.36. The Morgan fingerprint density at radius 3 is 1.46 bits per heavy atom. The van der Waals surface area contributed by atoms with Crippen molar-refractivity contribution in [1.29, 1.82) is 0 Å². The van der Waals surface area contributed by atoms with Crippen LogP contribution in [-0.4, -0.2) is 82.6 Å². The molecule has 8 nitrogen and oxygen atoms in total. The average Bonchev–Trinajstić information content (AvgIpc) is 2.73. The minimum atomic E-state index is 0.183. The summed E-state index contributed by atoms with van der Waals surface area (Å²) in [4.78, 5) is 13.7. The van der Waals surface area contributed by atoms with Gasteiger partial charge in [0.25, 0.3) is 0 Å². The molecular formula is C20H26N4O4. The molecule has 4 heterocycles. The van der Waals surface area contributed by atoms with Crippen molar-refractivity contribution in [2.24, 2.45) is 0 Å². The van der Waals surface area contributed by atoms with E-state index >= 15 is 0 Å². The van der Waals surface area contributed by atoms with Crippen molar-refractivity contribution in [3.8, 4) is 22.9 Å². The van der Waals surface area contributed by atoms with E-state index < -0.39 is 0 Å². The maximum absolute atomic E-state index is 10.2. The van der Waals surface area contributed by atoms with Crippen molar-refractivity contribution >= 4 is 0 Å². The van der Waals surface area contributed by atoms with E-state index in [0.717, 1.165) is 26.2 Å². The Hall–Kier alpha value is -2.26. The zero-order valence-corrected chi connectivity index (χ0v) is 15.9. The third-order valence-corrected chi connectivity index (χ3v) is 5.12. The minimum Gasteiger partial charge on any atom is -0.506 e. The zero-order valence-electron chi connectivity index (χ0n) is 15.9. The van der Waals surface area contributed by atoms with Crippen LogP contribution in [0.4, 0.5) is 0 Å². The molecule has 150 valence electrons. The molecular weight excluding hydrogens is 360 g/mol. The topological polar surface area (TPSA) is 91.2 Å². The molecule has 2 aliphatic heterocycles. The van der Waals surface area contributed by atoms with Crippen LogP contribution in [0.3, 0.4) is 0 Å². The van der Waals surface area contributed by atoms with Crippen LogP contribution in [0, 0.1) is 0 Å². The van der Waals surface area contributed by atoms with Crippen LogP contribution in [0.2, 0.25) is 0 Å². The summed E-state index contributed by atoms with van der Waals surface area (Å²) in [5.41, 5.74) is 2.63. The number of morpholine rings is 2. The first-order valence-electron chi connectivity index (χ1n) is 9.67. The lowest BCUT2D eigenvalue weighted by atomic mass is 10.2. The summed E-state index contributed by atoms with van der Waals surface area (Å²) in [7, 11) is 0. The highest BCUT2D eigenvalue weighted by Gasteiger charge is 2.17. The van der Waals surface area contributed by atoms with E-state index in [1.54, 1.807) is 24.3 Å². The quantitative estimate of drug-likeness (QED) is 0.793. The number of aromatic hydroxyl groups is 2. The number of aromatic nitrogens is 2. The van der Waals surface area contributed by atoms with Gasteiger partial charge in [-0.2, -0.15) is 0 Å². The summed E-state index contributed by atoms with van der Waals surface area (Å²) >= 11 is 0. The molecule has 2 saturated heterocycles. The Labute approximate surface area is 164 Å². The highest BCUT2D eigenvalue weighted by Crippen LogP contribution is 2.26. The first kappa shape index (κ1) is 19.1. The van der Waals surface area contributed by atoms with Gasteiger partial charge >= 0.3 is 0 Å². The van der Waals surface area contributed by atoms with Gasteiger partial charge in [-0.05, 0) is 24.3 Å². The molecule has 0 bridgehead atoms. The van der Waals surface area contributed by atoms with Crippen LogP contribution < -0.4 is 0 Å². The predicted octanol–water partition coefficient (Wildman–Crippen LogP) is 1.22. The van der Waals surface area contributed by atoms with Gasteiger partial charge in [-0.1, -0.05) is 0 Å². The largest absolute Gasteiger partial charge is 0.506 e. The Morgan fingerprint density at radius 1 is 0.679 bits per heavy atom. The van der Waals surface area contributed by atoms with E-state index in [4.69, 9.17) is 9.47 Å². The smallest absolute Gasteiger partial charge is 0.138 e. The van der Waals surface area contributed by atoms with Crippen molar-refractivity contribution in [1.82, 2.24) is 19.8 Å². The summed E-state index contributed by atoms with van der Waals surface area (Å²) in [5.74, 6) is 0.366. The summed E-state index contributed by atoms with van der Waals surface area (Å²) in [5, 5.41) is 20.5. The van der Waals surface area contributed by atoms with Gasteiger partial charge in [0, 0.05) is 39.3 Å². The summed E-state index contributed by atoms with van der Waals surface area (Å²) in [6, 6.07) is 6.84. The summed E-state index contributed by atoms with van der Waals surface area (Å²) in [6.07, 6.45) is 0. The first-order valence-corrected chi connectivity index (χ1v) is 9.67. The number of nitrogens with zero attached hydrogens (tertiary/aromatic N) is 4. The molecule has 0 spiro atoms. The predicted molar refractivity (Wildman–Crippen MR) is 103 cm³/mol. The van der Waals surface area contributed by atoms with Crippen LogP contribution in [0.5, 0.6) is 11.5 Å². The second-order valence-electron chi connectivity index (χ2n) is 7.10. The van der Waals surface area contributed by atoms with E-state index in [1.807, 2.05) is 0 Å². The second-order valence-corrected chi connectivity index (χ2v) is 7.10. The molecule has 8 heteroatoms. The van der Waals surface area contributed by atoms with E-state index in [1.165, 1.54) is 0 Å². The first-order chi connectivity index (χ1) is 13.7. The molecule has 0 atom stereocenters. The number of hydrogen-bond donors (Lipinski definition) is 2. The van der Waals surface area contributed by atoms with E-state index in [9.17, 15) is 10.2 Å². The van der Waals surface area contributed by atoms with Crippen LogP contribution >= 0.6 is 0 Å². The zero-order chi connectivity index (χ0) is 19.3. The van der Waals surface area contributed by atoms with E-state index in [2.05, 4.69) is 19.8 Å². The number of pyridine rings is 2. The van der Waals surface area contributed by atoms with Gasteiger partial charge in [0.15, 0.2) is 0 Å². The number of hydrogen-bond acceptors (Lipinski definition) is 8. The summed E-state index contributed by atoms with van der Waals surface area (Å²) in [6.45, 7) is 7.24. The molecule has 0 aromatic carbocycles. The molecule has 2 aromatic heterocycles. The number of ether oxygens (including phenoxy) is 2. The van der Waals surface area contributed by atoms with Crippen LogP contribution in [-0.2, 0) is 22.6 Å². The van der Waals surface area contributed by atoms with Crippen molar-refractivity contribution in [3.63, 3.8) is 0 Å². The fraction of sp³-hybridized carbons (Fsp3) is 0.500. The van der Waals surface area contributed by atoms with E-state index in [-0.39, 0.29) is 11.5 Å². The van der Waals surface area contributed by atoms with Gasteiger partial charge in [0.1, 0.15) is 11.5 Å². The Morgan fingerprint density at radius 2 is 1.07 bits per heavy atom. The Kier molecular flexibility index (Phi) is 6.01. The van der Waals surface area contributed by atoms with Crippen LogP contribution in [0.25, 0.3) is 11.4 Å². The molecule has 0 aliphatic carbocycles. The number of rotatable bonds is 5. The Balaban J connectivity index is 1.54. The maximum Gasteiger partial charge on any atom is 0.138 e. The molecule has 0 saturated carbocycles. The maximum atomic E-state index is 10.2. The second kappa shape index (κ2) is 8.83. The van der Waals surface area contributed by atoms with Gasteiger partial charge in [-0.25, -0.2) is 9.97 Å². The van der Waals surface area contributed by atoms with Crippen molar-refractivity contribution < 1.29 is 19.7 Å². The standard InChI is InChI=1S/C20H26N4O4/c25-19-3-1-15(21-17(19)13-23-5-9-27-10-6-23)16-2-4-20(26)18(22-16)14-24-7-11-28-12-8-24/h1-4,25-26H,5-14H2.